The Balaban J connectivity index is 5.38. The monoisotopic (exact) mass is 1170 g/mol. The van der Waals surface area contributed by atoms with Gasteiger partial charge in [-0.15, -0.1) is 0 Å². The van der Waals surface area contributed by atoms with Crippen LogP contribution in [0.4, 0.5) is 0 Å². The Bertz CT molecular complexity index is 1980. The quantitative estimate of drug-likeness (QED) is 0.0212. The lowest BCUT2D eigenvalue weighted by molar-refractivity contribution is -0.870. The number of rotatable bonds is 57. The third-order valence-electron chi connectivity index (χ3n) is 13.5. The third kappa shape index (κ3) is 62.0. The van der Waals surface area contributed by atoms with Gasteiger partial charge in [0.05, 0.1) is 33.8 Å². The topological polar surface area (TPSA) is 114 Å². The van der Waals surface area contributed by atoms with Gasteiger partial charge >= 0.3 is 5.97 Å². The van der Waals surface area contributed by atoms with E-state index < -0.39 is 32.5 Å². The van der Waals surface area contributed by atoms with E-state index >= 15 is 0 Å². The molecule has 470 valence electrons. The highest BCUT2D eigenvalue weighted by Gasteiger charge is 2.27. The van der Waals surface area contributed by atoms with E-state index in [1.165, 1.54) is 57.8 Å². The molecule has 0 rings (SSSR count). The fourth-order valence-electron chi connectivity index (χ4n) is 8.47. The lowest BCUT2D eigenvalue weighted by Crippen LogP contribution is -2.47. The number of hydrogen-bond acceptors (Lipinski definition) is 7. The van der Waals surface area contributed by atoms with Gasteiger partial charge in [-0.05, 0) is 134 Å². The molecule has 83 heavy (non-hydrogen) atoms. The van der Waals surface area contributed by atoms with E-state index in [1.54, 1.807) is 0 Å². The molecule has 10 heteroatoms. The average molecular weight is 1170 g/mol. The zero-order valence-electron chi connectivity index (χ0n) is 53.6. The molecular weight excluding hydrogens is 1050 g/mol. The summed E-state index contributed by atoms with van der Waals surface area (Å²) in [6.45, 7) is 6.55. The van der Waals surface area contributed by atoms with E-state index in [9.17, 15) is 19.0 Å². The normalized spacial score (nSPS) is 14.6. The summed E-state index contributed by atoms with van der Waals surface area (Å²) in [7, 11) is 1.12. The summed E-state index contributed by atoms with van der Waals surface area (Å²) >= 11 is 0. The van der Waals surface area contributed by atoms with Crippen molar-refractivity contribution in [1.82, 2.24) is 5.32 Å². The number of esters is 1. The minimum Gasteiger partial charge on any atom is -0.756 e. The van der Waals surface area contributed by atoms with Crippen molar-refractivity contribution in [3.63, 3.8) is 0 Å². The number of ether oxygens (including phenoxy) is 1. The number of hydrogen-bond donors (Lipinski definition) is 1. The SMILES string of the molecule is CC/C=C\C/C=C\C/C=C\C/C=C\C/C=C\C/C=C\CCCCCCC(=O)NC(COP(=O)([O-])OCC[N+](C)(C)C)C(/C=C/CCCCCCCCCCCCC)OC(=O)CCCC/C=C\C/C=C\C/C=C\C/C=C\C/C=C\C/C=C\CC. The summed E-state index contributed by atoms with van der Waals surface area (Å²) in [5.41, 5.74) is 0. The fourth-order valence-corrected chi connectivity index (χ4v) is 9.19. The Morgan fingerprint density at radius 3 is 1.17 bits per heavy atom. The summed E-state index contributed by atoms with van der Waals surface area (Å²) < 4.78 is 30.3. The number of quaternary nitrogens is 1. The summed E-state index contributed by atoms with van der Waals surface area (Å²) in [6, 6.07) is -0.934. The molecule has 1 amide bonds. The molecular formula is C73H121N2O7P. The number of nitrogens with zero attached hydrogens (tertiary/aromatic N) is 1. The Labute approximate surface area is 510 Å². The predicted octanol–water partition coefficient (Wildman–Crippen LogP) is 20.1. The summed E-state index contributed by atoms with van der Waals surface area (Å²) in [5, 5.41) is 3.00. The molecule has 0 aliphatic heterocycles. The molecule has 0 heterocycles. The number of unbranched alkanes of at least 4 members (excludes halogenated alkanes) is 17. The standard InChI is InChI=1S/C73H121N2O7P/c1-7-10-13-16-19-22-25-28-30-32-34-36-37-39-40-42-44-47-50-53-56-59-62-65-72(76)74-70(69-81-83(78,79)80-68-67-75(4,5)6)71(64-61-58-55-52-49-46-27-24-21-18-15-12-9-3)82-73(77)66-63-60-57-54-51-48-45-43-41-38-35-33-31-29-26-23-20-17-14-11-8-2/h10-11,13-14,19-20,22-23,28-31,34-36,38-40,43-45,47,51,54,61,64,70-71H,7-9,12,15-18,21,24-27,32-33,37,41-42,46,48-50,52-53,55-60,62-63,65-69H2,1-6H3,(H-,74,76,78,79)/b13-10-,14-11-,22-19-,23-20-,30-28-,31-29-,36-34-,38-35-,40-39-,45-43-,47-44-,54-51-,64-61+. The molecule has 0 aromatic rings. The molecule has 0 saturated carbocycles. The molecule has 0 aliphatic carbocycles. The molecule has 0 aromatic heterocycles. The van der Waals surface area contributed by atoms with Crippen molar-refractivity contribution in [3.8, 4) is 0 Å². The Kier molecular flexibility index (Phi) is 57.5. The predicted molar refractivity (Wildman–Crippen MR) is 357 cm³/mol. The molecule has 0 bridgehead atoms. The van der Waals surface area contributed by atoms with E-state index in [1.807, 2.05) is 33.3 Å². The number of phosphoric ester groups is 1. The summed E-state index contributed by atoms with van der Waals surface area (Å²) in [6.07, 6.45) is 89.3. The van der Waals surface area contributed by atoms with Crippen molar-refractivity contribution >= 4 is 19.7 Å². The molecule has 0 saturated heterocycles. The number of phosphoric acid groups is 1. The van der Waals surface area contributed by atoms with Crippen LogP contribution < -0.4 is 10.2 Å². The van der Waals surface area contributed by atoms with Gasteiger partial charge in [0.2, 0.25) is 5.91 Å². The molecule has 0 spiro atoms. The zero-order valence-corrected chi connectivity index (χ0v) is 54.5. The van der Waals surface area contributed by atoms with E-state index in [-0.39, 0.29) is 25.4 Å². The van der Waals surface area contributed by atoms with E-state index in [2.05, 4.69) is 172 Å². The summed E-state index contributed by atoms with van der Waals surface area (Å²) in [4.78, 5) is 40.1. The lowest BCUT2D eigenvalue weighted by Gasteiger charge is -2.30. The van der Waals surface area contributed by atoms with Gasteiger partial charge in [0.25, 0.3) is 7.82 Å². The van der Waals surface area contributed by atoms with Crippen LogP contribution in [0.1, 0.15) is 239 Å². The highest BCUT2D eigenvalue weighted by molar-refractivity contribution is 7.45. The Morgan fingerprint density at radius 1 is 0.434 bits per heavy atom. The largest absolute Gasteiger partial charge is 0.756 e. The lowest BCUT2D eigenvalue weighted by atomic mass is 10.0. The second kappa shape index (κ2) is 60.7. The maximum Gasteiger partial charge on any atom is 0.306 e. The highest BCUT2D eigenvalue weighted by Crippen LogP contribution is 2.38. The van der Waals surface area contributed by atoms with Crippen molar-refractivity contribution in [3.05, 3.63) is 158 Å². The molecule has 3 unspecified atom stereocenters. The van der Waals surface area contributed by atoms with Crippen LogP contribution in [0.2, 0.25) is 0 Å². The highest BCUT2D eigenvalue weighted by atomic mass is 31.2. The second-order valence-electron chi connectivity index (χ2n) is 22.5. The van der Waals surface area contributed by atoms with Crippen LogP contribution in [0, 0.1) is 0 Å². The molecule has 0 fully saturated rings. The van der Waals surface area contributed by atoms with Gasteiger partial charge in [0, 0.05) is 12.8 Å². The Morgan fingerprint density at radius 2 is 0.771 bits per heavy atom. The summed E-state index contributed by atoms with van der Waals surface area (Å²) in [5.74, 6) is -0.633. The van der Waals surface area contributed by atoms with Crippen LogP contribution in [0.5, 0.6) is 0 Å². The number of carbonyl (C=O) groups is 2. The van der Waals surface area contributed by atoms with Gasteiger partial charge in [-0.25, -0.2) is 0 Å². The van der Waals surface area contributed by atoms with Crippen LogP contribution in [0.25, 0.3) is 0 Å². The Hall–Kier alpha value is -4.37. The first-order valence-electron chi connectivity index (χ1n) is 32.8. The van der Waals surface area contributed by atoms with Crippen LogP contribution >= 0.6 is 7.82 Å². The van der Waals surface area contributed by atoms with E-state index in [4.69, 9.17) is 13.8 Å². The van der Waals surface area contributed by atoms with Gasteiger partial charge < -0.3 is 28.5 Å². The average Bonchev–Trinajstić information content (AvgIpc) is 3.46. The van der Waals surface area contributed by atoms with E-state index in [0.717, 1.165) is 135 Å². The second-order valence-corrected chi connectivity index (χ2v) is 23.9. The van der Waals surface area contributed by atoms with Gasteiger partial charge in [-0.3, -0.25) is 14.2 Å². The first-order valence-corrected chi connectivity index (χ1v) is 34.3. The smallest absolute Gasteiger partial charge is 0.306 e. The minimum absolute atomic E-state index is 0.0444. The molecule has 0 radical (unpaired) electrons. The van der Waals surface area contributed by atoms with Crippen molar-refractivity contribution < 1.29 is 37.3 Å². The molecule has 0 aliphatic rings. The van der Waals surface area contributed by atoms with Crippen molar-refractivity contribution in [2.24, 2.45) is 0 Å². The van der Waals surface area contributed by atoms with Crippen LogP contribution in [0.3, 0.4) is 0 Å². The fraction of sp³-hybridized carbons (Fsp3) is 0.616. The number of amides is 1. The number of likely N-dealkylation sites (N-methyl/N-ethyl adjacent to an activating group) is 1. The number of carbonyl (C=O) groups excluding carboxylic acids is 2. The first kappa shape index (κ1) is 78.6. The minimum atomic E-state index is -4.73. The number of allylic oxidation sites excluding steroid dienone is 25. The van der Waals surface area contributed by atoms with Crippen LogP contribution in [-0.4, -0.2) is 69.4 Å². The maximum absolute atomic E-state index is 13.6. The maximum atomic E-state index is 13.6. The molecule has 0 aromatic carbocycles. The molecule has 3 atom stereocenters. The van der Waals surface area contributed by atoms with E-state index in [0.29, 0.717) is 23.9 Å². The van der Waals surface area contributed by atoms with Gasteiger partial charge in [0.1, 0.15) is 19.3 Å². The molecule has 1 N–H and O–H groups in total. The van der Waals surface area contributed by atoms with Crippen molar-refractivity contribution in [1.29, 1.82) is 0 Å². The van der Waals surface area contributed by atoms with Crippen LogP contribution in [0.15, 0.2) is 158 Å². The van der Waals surface area contributed by atoms with Crippen molar-refractivity contribution in [2.75, 3.05) is 40.9 Å². The van der Waals surface area contributed by atoms with Crippen molar-refractivity contribution in [2.45, 2.75) is 251 Å². The van der Waals surface area contributed by atoms with Gasteiger partial charge in [-0.1, -0.05) is 250 Å². The van der Waals surface area contributed by atoms with Gasteiger partial charge in [0.15, 0.2) is 0 Å². The van der Waals surface area contributed by atoms with Gasteiger partial charge in [-0.2, -0.15) is 0 Å². The first-order chi connectivity index (χ1) is 40.4. The third-order valence-corrected chi connectivity index (χ3v) is 14.4. The number of nitrogens with one attached hydrogen (secondary N) is 1. The van der Waals surface area contributed by atoms with Crippen LogP contribution in [-0.2, 0) is 27.9 Å². The zero-order chi connectivity index (χ0) is 60.7. The molecule has 9 nitrogen and oxygen atoms in total.